The lowest BCUT2D eigenvalue weighted by molar-refractivity contribution is -0.138. The van der Waals surface area contributed by atoms with Crippen molar-refractivity contribution in [3.63, 3.8) is 0 Å². The summed E-state index contributed by atoms with van der Waals surface area (Å²) in [6, 6.07) is 7.95. The van der Waals surface area contributed by atoms with Gasteiger partial charge in [-0.2, -0.15) is 0 Å². The van der Waals surface area contributed by atoms with Crippen LogP contribution in [0, 0.1) is 0 Å². The zero-order valence-corrected chi connectivity index (χ0v) is 11.6. The Hall–Kier alpha value is -2.14. The van der Waals surface area contributed by atoms with Crippen LogP contribution in [-0.4, -0.2) is 37.6 Å². The zero-order valence-electron chi connectivity index (χ0n) is 11.6. The van der Waals surface area contributed by atoms with Crippen LogP contribution in [0.5, 0.6) is 0 Å². The van der Waals surface area contributed by atoms with E-state index in [9.17, 15) is 4.79 Å². The van der Waals surface area contributed by atoms with Crippen molar-refractivity contribution >= 4 is 17.8 Å². The molecule has 0 heterocycles. The highest BCUT2D eigenvalue weighted by Gasteiger charge is 2.01. The van der Waals surface area contributed by atoms with Crippen molar-refractivity contribution in [3.8, 4) is 0 Å². The summed E-state index contributed by atoms with van der Waals surface area (Å²) in [6.07, 6.45) is 4.00. The summed E-state index contributed by atoms with van der Waals surface area (Å²) in [5.41, 5.74) is 8.55. The molecule has 0 spiro atoms. The number of nitrogens with zero attached hydrogens (tertiary/aromatic N) is 1. The molecule has 1 aromatic carbocycles. The molecule has 1 rings (SSSR count). The van der Waals surface area contributed by atoms with Gasteiger partial charge in [-0.3, -0.25) is 9.79 Å². The molecule has 108 valence electrons. The number of benzene rings is 1. The second kappa shape index (κ2) is 8.87. The second-order valence-electron chi connectivity index (χ2n) is 4.22. The Balaban J connectivity index is 2.54. The molecule has 0 aliphatic rings. The fourth-order valence-electron chi connectivity index (χ4n) is 1.71. The van der Waals surface area contributed by atoms with E-state index in [4.69, 9.17) is 15.6 Å². The maximum atomic E-state index is 10.3. The van der Waals surface area contributed by atoms with Crippen LogP contribution in [-0.2, 0) is 16.0 Å². The van der Waals surface area contributed by atoms with Crippen molar-refractivity contribution in [2.45, 2.75) is 12.8 Å². The normalized spacial score (nSPS) is 11.9. The van der Waals surface area contributed by atoms with Gasteiger partial charge in [0, 0.05) is 25.0 Å². The van der Waals surface area contributed by atoms with Crippen molar-refractivity contribution in [2.24, 2.45) is 10.7 Å². The number of carbonyl (C=O) groups is 1. The molecule has 0 bridgehead atoms. The van der Waals surface area contributed by atoms with Crippen molar-refractivity contribution in [1.29, 1.82) is 0 Å². The molecule has 20 heavy (non-hydrogen) atoms. The molecule has 0 fully saturated rings. The van der Waals surface area contributed by atoms with Gasteiger partial charge in [-0.05, 0) is 17.5 Å². The molecule has 0 radical (unpaired) electrons. The Labute approximate surface area is 118 Å². The number of carboxylic acids is 1. The molecule has 0 unspecified atom stereocenters. The lowest BCUT2D eigenvalue weighted by Gasteiger charge is -2.06. The van der Waals surface area contributed by atoms with Gasteiger partial charge in [0.25, 0.3) is 0 Å². The van der Waals surface area contributed by atoms with Gasteiger partial charge in [-0.25, -0.2) is 0 Å². The Morgan fingerprint density at radius 3 is 2.90 bits per heavy atom. The van der Waals surface area contributed by atoms with E-state index < -0.39 is 5.97 Å². The van der Waals surface area contributed by atoms with Crippen molar-refractivity contribution in [3.05, 3.63) is 41.6 Å². The summed E-state index contributed by atoms with van der Waals surface area (Å²) < 4.78 is 5.28. The van der Waals surface area contributed by atoms with Crippen LogP contribution in [0.1, 0.15) is 17.5 Å². The third kappa shape index (κ3) is 5.67. The molecule has 0 aliphatic carbocycles. The predicted molar refractivity (Wildman–Crippen MR) is 79.8 cm³/mol. The largest absolute Gasteiger partial charge is 0.481 e. The van der Waals surface area contributed by atoms with Gasteiger partial charge in [0.05, 0.1) is 19.6 Å². The van der Waals surface area contributed by atoms with Crippen LogP contribution in [0.25, 0.3) is 5.57 Å². The quantitative estimate of drug-likeness (QED) is 0.559. The first-order chi connectivity index (χ1) is 9.67. The van der Waals surface area contributed by atoms with Gasteiger partial charge < -0.3 is 15.6 Å². The molecular weight excluding hydrogens is 256 g/mol. The summed E-state index contributed by atoms with van der Waals surface area (Å²) in [5, 5.41) is 8.49. The number of aliphatic imine (C=N–C) groups is 1. The van der Waals surface area contributed by atoms with Gasteiger partial charge in [0.1, 0.15) is 0 Å². The predicted octanol–water partition coefficient (Wildman–Crippen LogP) is 1.72. The Bertz CT molecular complexity index is 496. The van der Waals surface area contributed by atoms with Crippen LogP contribution >= 0.6 is 0 Å². The average molecular weight is 276 g/mol. The molecular formula is C15H20N2O3. The van der Waals surface area contributed by atoms with E-state index in [0.717, 1.165) is 23.1 Å². The summed E-state index contributed by atoms with van der Waals surface area (Å²) in [5.74, 6) is -0.844. The van der Waals surface area contributed by atoms with E-state index in [1.807, 2.05) is 24.3 Å². The highest BCUT2D eigenvalue weighted by molar-refractivity contribution is 6.09. The fraction of sp³-hybridized carbons (Fsp3) is 0.333. The summed E-state index contributed by atoms with van der Waals surface area (Å²) in [7, 11) is 1.70. The van der Waals surface area contributed by atoms with Gasteiger partial charge in [0.2, 0.25) is 0 Å². The molecule has 1 aromatic rings. The number of rotatable bonds is 8. The van der Waals surface area contributed by atoms with E-state index in [2.05, 4.69) is 4.99 Å². The zero-order chi connectivity index (χ0) is 14.8. The minimum absolute atomic E-state index is 0.0348. The number of aliphatic carboxylic acids is 1. The topological polar surface area (TPSA) is 84.9 Å². The van der Waals surface area contributed by atoms with Gasteiger partial charge in [-0.1, -0.05) is 24.3 Å². The maximum absolute atomic E-state index is 10.3. The molecule has 3 N–H and O–H groups in total. The highest BCUT2D eigenvalue weighted by Crippen LogP contribution is 2.14. The number of allylic oxidation sites excluding steroid dienone is 1. The summed E-state index contributed by atoms with van der Waals surface area (Å²) >= 11 is 0. The minimum Gasteiger partial charge on any atom is -0.481 e. The molecule has 0 amide bonds. The Morgan fingerprint density at radius 1 is 1.45 bits per heavy atom. The van der Waals surface area contributed by atoms with E-state index >= 15 is 0 Å². The lowest BCUT2D eigenvalue weighted by atomic mass is 10.0. The summed E-state index contributed by atoms with van der Waals surface area (Å²) in [4.78, 5) is 14.3. The number of hydrogen-bond donors (Lipinski definition) is 2. The van der Waals surface area contributed by atoms with Gasteiger partial charge in [-0.15, -0.1) is 0 Å². The van der Waals surface area contributed by atoms with Crippen LogP contribution < -0.4 is 5.73 Å². The van der Waals surface area contributed by atoms with Crippen LogP contribution in [0.15, 0.2) is 35.5 Å². The van der Waals surface area contributed by atoms with Crippen molar-refractivity contribution in [1.82, 2.24) is 0 Å². The monoisotopic (exact) mass is 276 g/mol. The Kier molecular flexibility index (Phi) is 7.06. The lowest BCUT2D eigenvalue weighted by Crippen LogP contribution is -2.05. The molecule has 5 heteroatoms. The molecule has 0 saturated heterocycles. The number of hydrogen-bond acceptors (Lipinski definition) is 4. The molecule has 5 nitrogen and oxygen atoms in total. The van der Waals surface area contributed by atoms with E-state index in [-0.39, 0.29) is 13.0 Å². The molecule has 0 atom stereocenters. The van der Waals surface area contributed by atoms with Gasteiger partial charge in [0.15, 0.2) is 0 Å². The average Bonchev–Trinajstić information content (AvgIpc) is 2.44. The van der Waals surface area contributed by atoms with Gasteiger partial charge >= 0.3 is 5.97 Å². The SMILES string of the molecule is CN=CC(=CN)c1cccc(CCOCCC(=O)O)c1. The van der Waals surface area contributed by atoms with Crippen LogP contribution in [0.3, 0.4) is 0 Å². The molecule has 0 aliphatic heterocycles. The molecule has 0 aromatic heterocycles. The maximum Gasteiger partial charge on any atom is 0.305 e. The Morgan fingerprint density at radius 2 is 2.25 bits per heavy atom. The number of carboxylic acid groups (broad SMARTS) is 1. The highest BCUT2D eigenvalue weighted by atomic mass is 16.5. The third-order valence-electron chi connectivity index (χ3n) is 2.70. The number of ether oxygens (including phenoxy) is 1. The molecule has 0 saturated carbocycles. The van der Waals surface area contributed by atoms with Crippen LogP contribution in [0.2, 0.25) is 0 Å². The van der Waals surface area contributed by atoms with E-state index in [1.165, 1.54) is 6.20 Å². The minimum atomic E-state index is -0.844. The standard InChI is InChI=1S/C15H20N2O3/c1-17-11-14(10-16)13-4-2-3-12(9-13)5-7-20-8-6-15(18)19/h2-4,9-11H,5-8,16H2,1H3,(H,18,19). The number of nitrogens with two attached hydrogens (primary N) is 1. The fourth-order valence-corrected chi connectivity index (χ4v) is 1.71. The third-order valence-corrected chi connectivity index (χ3v) is 2.70. The van der Waals surface area contributed by atoms with E-state index in [0.29, 0.717) is 6.61 Å². The van der Waals surface area contributed by atoms with E-state index in [1.54, 1.807) is 13.3 Å². The van der Waals surface area contributed by atoms with Crippen molar-refractivity contribution < 1.29 is 14.6 Å². The van der Waals surface area contributed by atoms with Crippen LogP contribution in [0.4, 0.5) is 0 Å². The first kappa shape index (κ1) is 15.9. The smallest absolute Gasteiger partial charge is 0.305 e. The first-order valence-electron chi connectivity index (χ1n) is 6.40. The second-order valence-corrected chi connectivity index (χ2v) is 4.22. The first-order valence-corrected chi connectivity index (χ1v) is 6.40. The van der Waals surface area contributed by atoms with Crippen molar-refractivity contribution in [2.75, 3.05) is 20.3 Å². The summed E-state index contributed by atoms with van der Waals surface area (Å²) in [6.45, 7) is 0.742.